The monoisotopic (exact) mass is 339 g/mol. The SMILES string of the molecule is Cc1nc2ncc(Br)cc2n1CCCN(C)[C@@H](C)CN. The number of halogens is 1. The fraction of sp³-hybridized carbons (Fsp3) is 0.571. The molecule has 2 rings (SSSR count). The van der Waals surface area contributed by atoms with E-state index in [1.54, 1.807) is 6.20 Å². The molecule has 0 unspecified atom stereocenters. The first-order valence-electron chi connectivity index (χ1n) is 6.91. The largest absolute Gasteiger partial charge is 0.329 e. The number of fused-ring (bicyclic) bond motifs is 1. The third kappa shape index (κ3) is 3.37. The van der Waals surface area contributed by atoms with Gasteiger partial charge in [-0.2, -0.15) is 0 Å². The van der Waals surface area contributed by atoms with Crippen molar-refractivity contribution in [1.82, 2.24) is 19.4 Å². The van der Waals surface area contributed by atoms with E-state index in [0.29, 0.717) is 12.6 Å². The Morgan fingerprint density at radius 2 is 2.25 bits per heavy atom. The Balaban J connectivity index is 2.06. The molecule has 110 valence electrons. The summed E-state index contributed by atoms with van der Waals surface area (Å²) in [5.41, 5.74) is 7.59. The van der Waals surface area contributed by atoms with Gasteiger partial charge in [0, 0.05) is 29.8 Å². The van der Waals surface area contributed by atoms with Gasteiger partial charge in [0.25, 0.3) is 0 Å². The number of hydrogen-bond acceptors (Lipinski definition) is 4. The van der Waals surface area contributed by atoms with Crippen LogP contribution in [0.3, 0.4) is 0 Å². The molecule has 0 aliphatic carbocycles. The Labute approximate surface area is 128 Å². The van der Waals surface area contributed by atoms with E-state index in [0.717, 1.165) is 41.0 Å². The van der Waals surface area contributed by atoms with Crippen LogP contribution < -0.4 is 5.73 Å². The highest BCUT2D eigenvalue weighted by Crippen LogP contribution is 2.19. The first-order chi connectivity index (χ1) is 9.52. The van der Waals surface area contributed by atoms with Gasteiger partial charge in [0.05, 0.1) is 5.52 Å². The fourth-order valence-electron chi connectivity index (χ4n) is 2.25. The van der Waals surface area contributed by atoms with Crippen LogP contribution in [0.25, 0.3) is 11.2 Å². The number of aromatic nitrogens is 3. The molecular weight excluding hydrogens is 318 g/mol. The van der Waals surface area contributed by atoms with Gasteiger partial charge in [-0.05, 0) is 55.9 Å². The summed E-state index contributed by atoms with van der Waals surface area (Å²) in [6, 6.07) is 2.50. The van der Waals surface area contributed by atoms with Crippen LogP contribution in [0.15, 0.2) is 16.7 Å². The summed E-state index contributed by atoms with van der Waals surface area (Å²) in [6.45, 7) is 6.85. The lowest BCUT2D eigenvalue weighted by molar-refractivity contribution is 0.255. The lowest BCUT2D eigenvalue weighted by Gasteiger charge is -2.23. The number of imidazole rings is 1. The smallest absolute Gasteiger partial charge is 0.177 e. The van der Waals surface area contributed by atoms with E-state index in [4.69, 9.17) is 5.73 Å². The van der Waals surface area contributed by atoms with Crippen molar-refractivity contribution in [3.05, 3.63) is 22.6 Å². The molecule has 2 N–H and O–H groups in total. The maximum Gasteiger partial charge on any atom is 0.177 e. The average Bonchev–Trinajstić information content (AvgIpc) is 2.73. The second kappa shape index (κ2) is 6.65. The van der Waals surface area contributed by atoms with Crippen LogP contribution >= 0.6 is 15.9 Å². The van der Waals surface area contributed by atoms with E-state index < -0.39 is 0 Å². The van der Waals surface area contributed by atoms with Crippen molar-refractivity contribution >= 4 is 27.1 Å². The third-order valence-electron chi connectivity index (χ3n) is 3.75. The van der Waals surface area contributed by atoms with Crippen molar-refractivity contribution in [3.63, 3.8) is 0 Å². The van der Waals surface area contributed by atoms with E-state index >= 15 is 0 Å². The van der Waals surface area contributed by atoms with Gasteiger partial charge in [-0.25, -0.2) is 9.97 Å². The van der Waals surface area contributed by atoms with Crippen molar-refractivity contribution in [2.75, 3.05) is 20.1 Å². The molecule has 0 aromatic carbocycles. The predicted molar refractivity (Wildman–Crippen MR) is 85.7 cm³/mol. The zero-order valence-corrected chi connectivity index (χ0v) is 13.9. The highest BCUT2D eigenvalue weighted by atomic mass is 79.9. The van der Waals surface area contributed by atoms with Crippen LogP contribution in [-0.4, -0.2) is 45.6 Å². The number of aryl methyl sites for hydroxylation is 2. The molecule has 2 heterocycles. The fourth-order valence-corrected chi connectivity index (χ4v) is 2.57. The predicted octanol–water partition coefficient (Wildman–Crippen LogP) is 2.17. The van der Waals surface area contributed by atoms with E-state index in [-0.39, 0.29) is 0 Å². The summed E-state index contributed by atoms with van der Waals surface area (Å²) < 4.78 is 3.22. The van der Waals surface area contributed by atoms with E-state index in [1.807, 2.05) is 6.92 Å². The molecule has 1 atom stereocenters. The van der Waals surface area contributed by atoms with Gasteiger partial charge in [0.1, 0.15) is 5.82 Å². The summed E-state index contributed by atoms with van der Waals surface area (Å²) in [6.07, 6.45) is 2.86. The van der Waals surface area contributed by atoms with Crippen LogP contribution in [0.1, 0.15) is 19.2 Å². The molecular formula is C14H22BrN5. The maximum absolute atomic E-state index is 5.68. The summed E-state index contributed by atoms with van der Waals surface area (Å²) in [5.74, 6) is 1.01. The minimum absolute atomic E-state index is 0.423. The Hall–Kier alpha value is -0.980. The molecule has 20 heavy (non-hydrogen) atoms. The van der Waals surface area contributed by atoms with Crippen LogP contribution in [0, 0.1) is 6.92 Å². The first kappa shape index (κ1) is 15.4. The zero-order chi connectivity index (χ0) is 14.7. The lowest BCUT2D eigenvalue weighted by atomic mass is 10.2. The first-order valence-corrected chi connectivity index (χ1v) is 7.71. The Morgan fingerprint density at radius 3 is 2.95 bits per heavy atom. The molecule has 0 saturated heterocycles. The van der Waals surface area contributed by atoms with E-state index in [2.05, 4.69) is 55.4 Å². The Kier molecular flexibility index (Phi) is 5.12. The molecule has 6 heteroatoms. The molecule has 0 amide bonds. The number of pyridine rings is 1. The Bertz CT molecular complexity index is 580. The van der Waals surface area contributed by atoms with E-state index in [1.165, 1.54) is 0 Å². The minimum Gasteiger partial charge on any atom is -0.329 e. The molecule has 0 radical (unpaired) electrons. The molecule has 0 aliphatic heterocycles. The van der Waals surface area contributed by atoms with Crippen molar-refractivity contribution < 1.29 is 0 Å². The van der Waals surface area contributed by atoms with Gasteiger partial charge in [-0.3, -0.25) is 0 Å². The molecule has 5 nitrogen and oxygen atoms in total. The van der Waals surface area contributed by atoms with Gasteiger partial charge in [-0.1, -0.05) is 0 Å². The number of nitrogens with zero attached hydrogens (tertiary/aromatic N) is 4. The summed E-state index contributed by atoms with van der Waals surface area (Å²) in [7, 11) is 2.12. The quantitative estimate of drug-likeness (QED) is 0.876. The standard InChI is InChI=1S/C14H22BrN5/c1-10(8-16)19(3)5-4-6-20-11(2)18-14-13(20)7-12(15)9-17-14/h7,9-10H,4-6,8,16H2,1-3H3/t10-/m0/s1. The normalized spacial score (nSPS) is 13.3. The second-order valence-electron chi connectivity index (χ2n) is 5.23. The van der Waals surface area contributed by atoms with Crippen molar-refractivity contribution in [3.8, 4) is 0 Å². The number of likely N-dealkylation sites (N-methyl/N-ethyl adjacent to an activating group) is 1. The summed E-state index contributed by atoms with van der Waals surface area (Å²) in [4.78, 5) is 11.1. The molecule has 0 spiro atoms. The lowest BCUT2D eigenvalue weighted by Crippen LogP contribution is -2.36. The van der Waals surface area contributed by atoms with Gasteiger partial charge < -0.3 is 15.2 Å². The molecule has 0 saturated carbocycles. The zero-order valence-electron chi connectivity index (χ0n) is 12.3. The minimum atomic E-state index is 0.423. The Morgan fingerprint density at radius 1 is 1.50 bits per heavy atom. The van der Waals surface area contributed by atoms with Crippen LogP contribution in [0.2, 0.25) is 0 Å². The van der Waals surface area contributed by atoms with E-state index in [9.17, 15) is 0 Å². The van der Waals surface area contributed by atoms with Crippen LogP contribution in [-0.2, 0) is 6.54 Å². The van der Waals surface area contributed by atoms with Crippen molar-refractivity contribution in [2.24, 2.45) is 5.73 Å². The second-order valence-corrected chi connectivity index (χ2v) is 6.14. The van der Waals surface area contributed by atoms with Crippen molar-refractivity contribution in [1.29, 1.82) is 0 Å². The highest BCUT2D eigenvalue weighted by molar-refractivity contribution is 9.10. The van der Waals surface area contributed by atoms with Gasteiger partial charge in [0.15, 0.2) is 5.65 Å². The number of rotatable bonds is 6. The topological polar surface area (TPSA) is 60.0 Å². The van der Waals surface area contributed by atoms with Gasteiger partial charge in [0.2, 0.25) is 0 Å². The summed E-state index contributed by atoms with van der Waals surface area (Å²) in [5, 5.41) is 0. The molecule has 2 aromatic heterocycles. The van der Waals surface area contributed by atoms with Gasteiger partial charge in [-0.15, -0.1) is 0 Å². The number of hydrogen-bond donors (Lipinski definition) is 1. The molecule has 0 bridgehead atoms. The molecule has 0 aliphatic rings. The molecule has 0 fully saturated rings. The summed E-state index contributed by atoms with van der Waals surface area (Å²) >= 11 is 3.47. The average molecular weight is 340 g/mol. The van der Waals surface area contributed by atoms with Crippen LogP contribution in [0.4, 0.5) is 0 Å². The third-order valence-corrected chi connectivity index (χ3v) is 4.18. The van der Waals surface area contributed by atoms with Gasteiger partial charge >= 0.3 is 0 Å². The molecule has 2 aromatic rings. The maximum atomic E-state index is 5.68. The van der Waals surface area contributed by atoms with Crippen molar-refractivity contribution in [2.45, 2.75) is 32.9 Å². The number of nitrogens with two attached hydrogens (primary N) is 1. The highest BCUT2D eigenvalue weighted by Gasteiger charge is 2.10. The van der Waals surface area contributed by atoms with Crippen LogP contribution in [0.5, 0.6) is 0 Å².